The Labute approximate surface area is 213 Å². The number of hydrogen-bond donors (Lipinski definition) is 5. The van der Waals surface area contributed by atoms with Gasteiger partial charge in [-0.05, 0) is 35.4 Å². The lowest BCUT2D eigenvalue weighted by Crippen LogP contribution is -2.48. The summed E-state index contributed by atoms with van der Waals surface area (Å²) in [6.07, 6.45) is -0.884. The van der Waals surface area contributed by atoms with Gasteiger partial charge in [0.2, 0.25) is 0 Å². The number of nitrogens with zero attached hydrogens (tertiary/aromatic N) is 1. The van der Waals surface area contributed by atoms with Crippen LogP contribution in [0.4, 0.5) is 4.79 Å². The number of aliphatic carboxylic acids is 1. The first-order valence-electron chi connectivity index (χ1n) is 11.7. The van der Waals surface area contributed by atoms with Gasteiger partial charge in [0, 0.05) is 18.7 Å². The molecule has 10 heteroatoms. The molecule has 0 fully saturated rings. The Morgan fingerprint density at radius 1 is 0.892 bits per heavy atom. The quantitative estimate of drug-likeness (QED) is 0.212. The van der Waals surface area contributed by atoms with Gasteiger partial charge in [-0.1, -0.05) is 54.6 Å². The van der Waals surface area contributed by atoms with Gasteiger partial charge in [0.25, 0.3) is 5.91 Å². The summed E-state index contributed by atoms with van der Waals surface area (Å²) in [5, 5.41) is 17.5. The third-order valence-corrected chi connectivity index (χ3v) is 5.55. The van der Waals surface area contributed by atoms with Crippen LogP contribution < -0.4 is 16.0 Å². The predicted octanol–water partition coefficient (Wildman–Crippen LogP) is 2.96. The molecule has 0 aliphatic heterocycles. The van der Waals surface area contributed by atoms with Crippen molar-refractivity contribution in [2.75, 3.05) is 6.54 Å². The molecule has 0 saturated heterocycles. The van der Waals surface area contributed by atoms with Crippen LogP contribution in [0.25, 0.3) is 11.0 Å². The lowest BCUT2D eigenvalue weighted by molar-refractivity contribution is -0.139. The SMILES string of the molecule is O=C(NC(CNC(=O)c1ccc(CNCc2nc3ccccc3[nH]2)cc1)C(=O)O)OCc1ccccc1. The Bertz CT molecular complexity index is 1320. The number of fused-ring (bicyclic) bond motifs is 1. The number of benzene rings is 3. The van der Waals surface area contributed by atoms with Crippen molar-refractivity contribution in [3.63, 3.8) is 0 Å². The van der Waals surface area contributed by atoms with Crippen molar-refractivity contribution < 1.29 is 24.2 Å². The Hall–Kier alpha value is -4.70. The second kappa shape index (κ2) is 12.3. The molecule has 2 amide bonds. The molecule has 5 N–H and O–H groups in total. The van der Waals surface area contributed by atoms with Crippen LogP contribution in [0.15, 0.2) is 78.9 Å². The number of nitrogens with one attached hydrogen (secondary N) is 4. The predicted molar refractivity (Wildman–Crippen MR) is 137 cm³/mol. The lowest BCUT2D eigenvalue weighted by atomic mass is 10.1. The first kappa shape index (κ1) is 25.4. The van der Waals surface area contributed by atoms with E-state index in [4.69, 9.17) is 4.74 Å². The normalized spacial score (nSPS) is 11.6. The molecule has 1 unspecified atom stereocenters. The van der Waals surface area contributed by atoms with Crippen molar-refractivity contribution >= 4 is 29.0 Å². The molecule has 1 atom stereocenters. The number of carbonyl (C=O) groups excluding carboxylic acids is 2. The molecular formula is C27H27N5O5. The van der Waals surface area contributed by atoms with Crippen molar-refractivity contribution in [2.45, 2.75) is 25.7 Å². The van der Waals surface area contributed by atoms with Crippen LogP contribution in [-0.4, -0.2) is 45.6 Å². The van der Waals surface area contributed by atoms with Crippen molar-refractivity contribution in [2.24, 2.45) is 0 Å². The average molecular weight is 502 g/mol. The number of aromatic nitrogens is 2. The summed E-state index contributed by atoms with van der Waals surface area (Å²) in [5.41, 5.74) is 4.01. The van der Waals surface area contributed by atoms with Crippen molar-refractivity contribution in [3.8, 4) is 0 Å². The van der Waals surface area contributed by atoms with Gasteiger partial charge in [0.15, 0.2) is 0 Å². The minimum Gasteiger partial charge on any atom is -0.480 e. The molecule has 0 aliphatic carbocycles. The zero-order valence-corrected chi connectivity index (χ0v) is 19.9. The van der Waals surface area contributed by atoms with Gasteiger partial charge in [-0.25, -0.2) is 14.6 Å². The number of para-hydroxylation sites is 2. The molecule has 0 spiro atoms. The second-order valence-electron chi connectivity index (χ2n) is 8.31. The van der Waals surface area contributed by atoms with Gasteiger partial charge < -0.3 is 30.8 Å². The zero-order chi connectivity index (χ0) is 26.0. The van der Waals surface area contributed by atoms with Crippen LogP contribution in [0.1, 0.15) is 27.3 Å². The van der Waals surface area contributed by atoms with E-state index in [9.17, 15) is 19.5 Å². The Morgan fingerprint density at radius 3 is 2.35 bits per heavy atom. The van der Waals surface area contributed by atoms with Crippen LogP contribution in [0.5, 0.6) is 0 Å². The average Bonchev–Trinajstić information content (AvgIpc) is 3.33. The van der Waals surface area contributed by atoms with Crippen LogP contribution in [0.3, 0.4) is 0 Å². The Kier molecular flexibility index (Phi) is 8.45. The summed E-state index contributed by atoms with van der Waals surface area (Å²) in [6.45, 7) is 0.851. The van der Waals surface area contributed by atoms with E-state index < -0.39 is 24.0 Å². The third-order valence-electron chi connectivity index (χ3n) is 5.55. The standard InChI is InChI=1S/C27H27N5O5/c33-25(29-15-23(26(34)35)32-27(36)37-17-19-6-2-1-3-7-19)20-12-10-18(11-13-20)14-28-16-24-30-21-8-4-5-9-22(21)31-24/h1-13,23,28H,14-17H2,(H,29,33)(H,30,31)(H,32,36)(H,34,35). The van der Waals surface area contributed by atoms with E-state index in [1.807, 2.05) is 42.5 Å². The smallest absolute Gasteiger partial charge is 0.408 e. The van der Waals surface area contributed by atoms with E-state index in [2.05, 4.69) is 25.9 Å². The summed E-state index contributed by atoms with van der Waals surface area (Å²) < 4.78 is 5.05. The van der Waals surface area contributed by atoms with Gasteiger partial charge in [-0.3, -0.25) is 4.79 Å². The highest BCUT2D eigenvalue weighted by Gasteiger charge is 2.22. The number of alkyl carbamates (subject to hydrolysis) is 1. The van der Waals surface area contributed by atoms with E-state index in [0.717, 1.165) is 28.0 Å². The molecule has 10 nitrogen and oxygen atoms in total. The summed E-state index contributed by atoms with van der Waals surface area (Å²) >= 11 is 0. The molecule has 4 rings (SSSR count). The summed E-state index contributed by atoms with van der Waals surface area (Å²) in [6, 6.07) is 22.4. The number of H-pyrrole nitrogens is 1. The van der Waals surface area contributed by atoms with E-state index in [1.54, 1.807) is 36.4 Å². The number of rotatable bonds is 11. The summed E-state index contributed by atoms with van der Waals surface area (Å²) in [7, 11) is 0. The fourth-order valence-electron chi connectivity index (χ4n) is 3.59. The molecule has 0 aliphatic rings. The number of amides is 2. The lowest BCUT2D eigenvalue weighted by Gasteiger charge is -2.15. The monoisotopic (exact) mass is 501 g/mol. The number of carboxylic acid groups (broad SMARTS) is 1. The van der Waals surface area contributed by atoms with Gasteiger partial charge in [-0.2, -0.15) is 0 Å². The van der Waals surface area contributed by atoms with E-state index in [0.29, 0.717) is 18.7 Å². The van der Waals surface area contributed by atoms with Gasteiger partial charge in [0.1, 0.15) is 18.5 Å². The molecule has 190 valence electrons. The van der Waals surface area contributed by atoms with Gasteiger partial charge >= 0.3 is 12.1 Å². The molecule has 0 radical (unpaired) electrons. The van der Waals surface area contributed by atoms with Gasteiger partial charge in [-0.15, -0.1) is 0 Å². The number of carboxylic acids is 1. The molecule has 4 aromatic rings. The summed E-state index contributed by atoms with van der Waals surface area (Å²) in [4.78, 5) is 43.8. The van der Waals surface area contributed by atoms with Crippen LogP contribution in [0, 0.1) is 0 Å². The second-order valence-corrected chi connectivity index (χ2v) is 8.31. The Morgan fingerprint density at radius 2 is 1.62 bits per heavy atom. The maximum absolute atomic E-state index is 12.5. The third kappa shape index (κ3) is 7.39. The first-order chi connectivity index (χ1) is 18.0. The number of hydrogen-bond acceptors (Lipinski definition) is 6. The number of carbonyl (C=O) groups is 3. The maximum atomic E-state index is 12.5. The minimum absolute atomic E-state index is 0.00481. The van der Waals surface area contributed by atoms with Crippen LogP contribution in [0.2, 0.25) is 0 Å². The molecule has 1 heterocycles. The topological polar surface area (TPSA) is 145 Å². The molecule has 1 aromatic heterocycles. The zero-order valence-electron chi connectivity index (χ0n) is 19.9. The highest BCUT2D eigenvalue weighted by atomic mass is 16.5. The van der Waals surface area contributed by atoms with Gasteiger partial charge in [0.05, 0.1) is 17.6 Å². The van der Waals surface area contributed by atoms with Crippen molar-refractivity contribution in [1.29, 1.82) is 0 Å². The van der Waals surface area contributed by atoms with E-state index >= 15 is 0 Å². The van der Waals surface area contributed by atoms with Crippen LogP contribution >= 0.6 is 0 Å². The van der Waals surface area contributed by atoms with E-state index in [1.165, 1.54) is 0 Å². The van der Waals surface area contributed by atoms with Crippen molar-refractivity contribution in [3.05, 3.63) is 101 Å². The fourth-order valence-corrected chi connectivity index (χ4v) is 3.59. The Balaban J connectivity index is 1.21. The number of aromatic amines is 1. The van der Waals surface area contributed by atoms with Crippen molar-refractivity contribution in [1.82, 2.24) is 25.9 Å². The summed E-state index contributed by atoms with van der Waals surface area (Å²) in [5.74, 6) is -0.905. The molecule has 37 heavy (non-hydrogen) atoms. The fraction of sp³-hybridized carbons (Fsp3) is 0.185. The first-order valence-corrected chi connectivity index (χ1v) is 11.7. The highest BCUT2D eigenvalue weighted by molar-refractivity contribution is 5.94. The molecule has 3 aromatic carbocycles. The molecule has 0 saturated carbocycles. The number of imidazole rings is 1. The molecular weight excluding hydrogens is 474 g/mol. The maximum Gasteiger partial charge on any atom is 0.408 e. The minimum atomic E-state index is -1.34. The highest BCUT2D eigenvalue weighted by Crippen LogP contribution is 2.10. The molecule has 0 bridgehead atoms. The largest absolute Gasteiger partial charge is 0.480 e. The van der Waals surface area contributed by atoms with E-state index in [-0.39, 0.29) is 13.2 Å². The van der Waals surface area contributed by atoms with Crippen LogP contribution in [-0.2, 0) is 29.2 Å². The number of ether oxygens (including phenoxy) is 1.